The van der Waals surface area contributed by atoms with Crippen LogP contribution in [0.4, 0.5) is 18.9 Å². The van der Waals surface area contributed by atoms with Crippen LogP contribution in [0.3, 0.4) is 0 Å². The first-order valence-corrected chi connectivity index (χ1v) is 6.61. The van der Waals surface area contributed by atoms with E-state index in [0.717, 1.165) is 6.07 Å². The third-order valence-corrected chi connectivity index (χ3v) is 2.99. The highest BCUT2D eigenvalue weighted by Gasteiger charge is 2.17. The van der Waals surface area contributed by atoms with Gasteiger partial charge in [0, 0.05) is 5.69 Å². The summed E-state index contributed by atoms with van der Waals surface area (Å²) in [6.45, 7) is -0.704. The number of ether oxygens (including phenoxy) is 1. The first-order valence-electron chi connectivity index (χ1n) is 6.24. The molecule has 0 radical (unpaired) electrons. The number of hydrogen-bond donors (Lipinski definition) is 1. The molecule has 1 N–H and O–H groups in total. The molecule has 0 saturated heterocycles. The van der Waals surface area contributed by atoms with Crippen LogP contribution < -0.4 is 5.32 Å². The van der Waals surface area contributed by atoms with Crippen molar-refractivity contribution in [1.29, 1.82) is 0 Å². The number of halogens is 4. The van der Waals surface area contributed by atoms with Gasteiger partial charge in [0.05, 0.1) is 10.6 Å². The van der Waals surface area contributed by atoms with Crippen molar-refractivity contribution >= 4 is 29.2 Å². The summed E-state index contributed by atoms with van der Waals surface area (Å²) in [6.07, 6.45) is 0. The molecule has 0 saturated carbocycles. The molecule has 1 amide bonds. The highest BCUT2D eigenvalue weighted by molar-refractivity contribution is 6.33. The molecule has 2 aromatic carbocycles. The van der Waals surface area contributed by atoms with Crippen molar-refractivity contribution < 1.29 is 27.5 Å². The number of carbonyl (C=O) groups is 2. The highest BCUT2D eigenvalue weighted by Crippen LogP contribution is 2.20. The zero-order chi connectivity index (χ0) is 17.0. The zero-order valence-electron chi connectivity index (χ0n) is 11.4. The zero-order valence-corrected chi connectivity index (χ0v) is 12.2. The summed E-state index contributed by atoms with van der Waals surface area (Å²) < 4.78 is 43.6. The fraction of sp³-hybridized carbons (Fsp3) is 0.0667. The maximum Gasteiger partial charge on any atom is 0.340 e. The number of esters is 1. The second-order valence-electron chi connectivity index (χ2n) is 4.38. The van der Waals surface area contributed by atoms with Crippen LogP contribution in [0.25, 0.3) is 0 Å². The van der Waals surface area contributed by atoms with E-state index in [4.69, 9.17) is 11.6 Å². The van der Waals surface area contributed by atoms with Crippen LogP contribution in [-0.2, 0) is 9.53 Å². The van der Waals surface area contributed by atoms with Gasteiger partial charge in [-0.2, -0.15) is 0 Å². The maximum atomic E-state index is 13.1. The van der Waals surface area contributed by atoms with Crippen molar-refractivity contribution in [2.24, 2.45) is 0 Å². The lowest BCUT2D eigenvalue weighted by Gasteiger charge is -2.08. The van der Waals surface area contributed by atoms with Gasteiger partial charge in [-0.05, 0) is 30.3 Å². The van der Waals surface area contributed by atoms with E-state index in [9.17, 15) is 22.8 Å². The monoisotopic (exact) mass is 343 g/mol. The molecule has 0 aliphatic carbocycles. The van der Waals surface area contributed by atoms with Gasteiger partial charge in [0.1, 0.15) is 5.82 Å². The Balaban J connectivity index is 1.96. The molecule has 0 heterocycles. The molecule has 0 aromatic heterocycles. The van der Waals surface area contributed by atoms with Crippen LogP contribution in [0.1, 0.15) is 10.4 Å². The Labute approximate surface area is 133 Å². The molecule has 0 aliphatic heterocycles. The summed E-state index contributed by atoms with van der Waals surface area (Å²) >= 11 is 5.61. The Morgan fingerprint density at radius 1 is 1.09 bits per heavy atom. The Morgan fingerprint density at radius 2 is 1.78 bits per heavy atom. The van der Waals surface area contributed by atoms with E-state index >= 15 is 0 Å². The quantitative estimate of drug-likeness (QED) is 0.682. The Hall–Kier alpha value is -2.54. The molecule has 4 nitrogen and oxygen atoms in total. The van der Waals surface area contributed by atoms with Crippen LogP contribution in [0.2, 0.25) is 5.02 Å². The number of carbonyl (C=O) groups excluding carboxylic acids is 2. The topological polar surface area (TPSA) is 55.4 Å². The maximum absolute atomic E-state index is 13.1. The lowest BCUT2D eigenvalue weighted by molar-refractivity contribution is -0.119. The summed E-state index contributed by atoms with van der Waals surface area (Å²) in [6, 6.07) is 6.30. The molecular weight excluding hydrogens is 335 g/mol. The normalized spacial score (nSPS) is 10.3. The van der Waals surface area contributed by atoms with Crippen LogP contribution in [0, 0.1) is 17.5 Å². The first-order chi connectivity index (χ1) is 10.9. The summed E-state index contributed by atoms with van der Waals surface area (Å²) in [7, 11) is 0. The van der Waals surface area contributed by atoms with Crippen molar-refractivity contribution in [3.05, 3.63) is 64.4 Å². The minimum atomic E-state index is -1.27. The molecule has 8 heteroatoms. The molecule has 0 spiro atoms. The number of rotatable bonds is 4. The first kappa shape index (κ1) is 16.8. The summed E-state index contributed by atoms with van der Waals surface area (Å²) in [4.78, 5) is 23.3. The molecule has 0 bridgehead atoms. The van der Waals surface area contributed by atoms with Gasteiger partial charge >= 0.3 is 5.97 Å². The average molecular weight is 344 g/mol. The minimum absolute atomic E-state index is 0.178. The van der Waals surface area contributed by atoms with Crippen LogP contribution in [0.5, 0.6) is 0 Å². The molecule has 2 aromatic rings. The summed E-state index contributed by atoms with van der Waals surface area (Å²) in [5, 5.41) is 1.95. The van der Waals surface area contributed by atoms with Crippen molar-refractivity contribution in [3.8, 4) is 0 Å². The van der Waals surface area contributed by atoms with Gasteiger partial charge < -0.3 is 10.1 Å². The summed E-state index contributed by atoms with van der Waals surface area (Å²) in [5.41, 5.74) is -0.235. The van der Waals surface area contributed by atoms with Crippen molar-refractivity contribution in [3.63, 3.8) is 0 Å². The fourth-order valence-electron chi connectivity index (χ4n) is 1.65. The summed E-state index contributed by atoms with van der Waals surface area (Å²) in [5.74, 6) is -4.86. The SMILES string of the molecule is O=C(COC(=O)c1cc(F)c(F)cc1Cl)Nc1cccc(F)c1. The van der Waals surface area contributed by atoms with E-state index in [2.05, 4.69) is 10.1 Å². The second kappa shape index (κ2) is 7.15. The third kappa shape index (κ3) is 4.46. The van der Waals surface area contributed by atoms with Crippen molar-refractivity contribution in [2.75, 3.05) is 11.9 Å². The number of hydrogen-bond acceptors (Lipinski definition) is 3. The predicted octanol–water partition coefficient (Wildman–Crippen LogP) is 3.55. The molecular formula is C15H9ClF3NO3. The van der Waals surface area contributed by atoms with Crippen LogP contribution in [-0.4, -0.2) is 18.5 Å². The van der Waals surface area contributed by atoms with Crippen molar-refractivity contribution in [2.45, 2.75) is 0 Å². The molecule has 0 fully saturated rings. The van der Waals surface area contributed by atoms with Gasteiger partial charge in [-0.3, -0.25) is 4.79 Å². The van der Waals surface area contributed by atoms with Gasteiger partial charge in [0.15, 0.2) is 18.2 Å². The van der Waals surface area contributed by atoms with E-state index in [1.165, 1.54) is 18.2 Å². The van der Waals surface area contributed by atoms with Gasteiger partial charge in [-0.15, -0.1) is 0 Å². The van der Waals surface area contributed by atoms with Gasteiger partial charge in [0.2, 0.25) is 0 Å². The molecule has 0 aliphatic rings. The van der Waals surface area contributed by atoms with E-state index < -0.39 is 41.5 Å². The van der Waals surface area contributed by atoms with Gasteiger partial charge in [-0.25, -0.2) is 18.0 Å². The Bertz CT molecular complexity index is 768. The third-order valence-electron chi connectivity index (χ3n) is 2.67. The predicted molar refractivity (Wildman–Crippen MR) is 76.7 cm³/mol. The Morgan fingerprint density at radius 3 is 2.48 bits per heavy atom. The molecule has 2 rings (SSSR count). The van der Waals surface area contributed by atoms with Crippen LogP contribution in [0.15, 0.2) is 36.4 Å². The minimum Gasteiger partial charge on any atom is -0.452 e. The smallest absolute Gasteiger partial charge is 0.340 e. The van der Waals surface area contributed by atoms with E-state index in [1.54, 1.807) is 0 Å². The molecule has 0 atom stereocenters. The van der Waals surface area contributed by atoms with E-state index in [1.807, 2.05) is 0 Å². The lowest BCUT2D eigenvalue weighted by atomic mass is 10.2. The highest BCUT2D eigenvalue weighted by atomic mass is 35.5. The number of anilines is 1. The van der Waals surface area contributed by atoms with Crippen LogP contribution >= 0.6 is 11.6 Å². The number of amides is 1. The second-order valence-corrected chi connectivity index (χ2v) is 4.79. The molecule has 23 heavy (non-hydrogen) atoms. The Kier molecular flexibility index (Phi) is 5.23. The fourth-order valence-corrected chi connectivity index (χ4v) is 1.88. The average Bonchev–Trinajstić information content (AvgIpc) is 2.48. The number of benzene rings is 2. The number of nitrogens with one attached hydrogen (secondary N) is 1. The van der Waals surface area contributed by atoms with E-state index in [-0.39, 0.29) is 10.7 Å². The van der Waals surface area contributed by atoms with Gasteiger partial charge in [0.25, 0.3) is 5.91 Å². The largest absolute Gasteiger partial charge is 0.452 e. The standard InChI is InChI=1S/C15H9ClF3NO3/c16-11-6-13(19)12(18)5-10(11)15(22)23-7-14(21)20-9-3-1-2-8(17)4-9/h1-6H,7H2,(H,20,21). The van der Waals surface area contributed by atoms with Crippen molar-refractivity contribution in [1.82, 2.24) is 0 Å². The lowest BCUT2D eigenvalue weighted by Crippen LogP contribution is -2.21. The molecule has 120 valence electrons. The molecule has 0 unspecified atom stereocenters. The van der Waals surface area contributed by atoms with Gasteiger partial charge in [-0.1, -0.05) is 17.7 Å². The van der Waals surface area contributed by atoms with E-state index in [0.29, 0.717) is 12.1 Å².